The van der Waals surface area contributed by atoms with E-state index in [1.165, 1.54) is 11.3 Å². The second-order valence-corrected chi connectivity index (χ2v) is 8.69. The molecule has 3 aromatic rings. The number of hydrogen-bond donors (Lipinski definition) is 1. The van der Waals surface area contributed by atoms with Crippen LogP contribution in [0.15, 0.2) is 47.3 Å². The van der Waals surface area contributed by atoms with Gasteiger partial charge in [-0.15, -0.1) is 0 Å². The van der Waals surface area contributed by atoms with Gasteiger partial charge in [-0.25, -0.2) is 0 Å². The van der Waals surface area contributed by atoms with Gasteiger partial charge in [-0.1, -0.05) is 23.5 Å². The minimum absolute atomic E-state index is 0.147. The van der Waals surface area contributed by atoms with Crippen LogP contribution in [0, 0.1) is 0 Å². The first-order valence-electron chi connectivity index (χ1n) is 9.94. The Morgan fingerprint density at radius 3 is 2.37 bits per heavy atom. The van der Waals surface area contributed by atoms with Gasteiger partial charge in [0.15, 0.2) is 5.13 Å². The SMILES string of the molecule is COc1ccc(CC(=O)Nc2ccc3sc(N(C(C)C)C(C)C)nc(=O)c3c2)cc1. The molecule has 1 N–H and O–H groups in total. The van der Waals surface area contributed by atoms with Crippen molar-refractivity contribution in [2.45, 2.75) is 46.2 Å². The van der Waals surface area contributed by atoms with Gasteiger partial charge in [-0.3, -0.25) is 9.59 Å². The maximum atomic E-state index is 12.7. The monoisotopic (exact) mass is 425 g/mol. The smallest absolute Gasteiger partial charge is 0.281 e. The third-order valence-electron chi connectivity index (χ3n) is 4.75. The molecule has 0 atom stereocenters. The maximum Gasteiger partial charge on any atom is 0.281 e. The Balaban J connectivity index is 1.81. The molecule has 7 heteroatoms. The number of nitrogens with zero attached hydrogens (tertiary/aromatic N) is 2. The fourth-order valence-electron chi connectivity index (χ4n) is 3.41. The zero-order valence-corrected chi connectivity index (χ0v) is 18.7. The molecule has 2 aromatic carbocycles. The molecule has 0 radical (unpaired) electrons. The van der Waals surface area contributed by atoms with E-state index in [1.807, 2.05) is 36.4 Å². The lowest BCUT2D eigenvalue weighted by Gasteiger charge is -2.31. The predicted molar refractivity (Wildman–Crippen MR) is 124 cm³/mol. The van der Waals surface area contributed by atoms with Crippen molar-refractivity contribution in [3.05, 3.63) is 58.4 Å². The molecule has 0 saturated carbocycles. The first kappa shape index (κ1) is 21.8. The van der Waals surface area contributed by atoms with Crippen LogP contribution in [-0.4, -0.2) is 30.1 Å². The van der Waals surface area contributed by atoms with Crippen molar-refractivity contribution in [1.29, 1.82) is 0 Å². The van der Waals surface area contributed by atoms with E-state index in [0.717, 1.165) is 16.0 Å². The van der Waals surface area contributed by atoms with Crippen LogP contribution >= 0.6 is 11.3 Å². The van der Waals surface area contributed by atoms with Crippen LogP contribution in [0.1, 0.15) is 33.3 Å². The number of hydrogen-bond acceptors (Lipinski definition) is 6. The topological polar surface area (TPSA) is 71.5 Å². The van der Waals surface area contributed by atoms with Crippen LogP contribution in [0.3, 0.4) is 0 Å². The molecular formula is C23H27N3O3S. The minimum Gasteiger partial charge on any atom is -0.497 e. The van der Waals surface area contributed by atoms with E-state index in [1.54, 1.807) is 13.2 Å². The zero-order valence-electron chi connectivity index (χ0n) is 17.9. The molecule has 1 heterocycles. The van der Waals surface area contributed by atoms with Gasteiger partial charge in [0, 0.05) is 22.5 Å². The lowest BCUT2D eigenvalue weighted by Crippen LogP contribution is -2.38. The van der Waals surface area contributed by atoms with E-state index in [2.05, 4.69) is 42.9 Å². The lowest BCUT2D eigenvalue weighted by atomic mass is 10.1. The maximum absolute atomic E-state index is 12.7. The summed E-state index contributed by atoms with van der Waals surface area (Å²) < 4.78 is 5.98. The van der Waals surface area contributed by atoms with Gasteiger partial charge in [-0.05, 0) is 63.6 Å². The van der Waals surface area contributed by atoms with E-state index in [-0.39, 0.29) is 30.0 Å². The number of amides is 1. The largest absolute Gasteiger partial charge is 0.497 e. The van der Waals surface area contributed by atoms with Gasteiger partial charge in [0.1, 0.15) is 5.75 Å². The number of nitrogens with one attached hydrogen (secondary N) is 1. The van der Waals surface area contributed by atoms with Crippen molar-refractivity contribution < 1.29 is 9.53 Å². The normalized spacial score (nSPS) is 11.2. The molecule has 0 aliphatic carbocycles. The molecule has 0 saturated heterocycles. The summed E-state index contributed by atoms with van der Waals surface area (Å²) >= 11 is 1.49. The van der Waals surface area contributed by atoms with Crippen LogP contribution in [0.5, 0.6) is 5.75 Å². The Hall–Kier alpha value is -2.93. The molecule has 3 rings (SSSR count). The number of rotatable bonds is 7. The van der Waals surface area contributed by atoms with Crippen LogP contribution < -0.4 is 20.5 Å². The van der Waals surface area contributed by atoms with Gasteiger partial charge in [-0.2, -0.15) is 4.98 Å². The second-order valence-electron chi connectivity index (χ2n) is 7.68. The molecule has 1 aromatic heterocycles. The quantitative estimate of drug-likeness (QED) is 0.605. The summed E-state index contributed by atoms with van der Waals surface area (Å²) in [7, 11) is 1.60. The average Bonchev–Trinajstić information content (AvgIpc) is 2.68. The van der Waals surface area contributed by atoms with Gasteiger partial charge in [0.05, 0.1) is 18.9 Å². The van der Waals surface area contributed by atoms with Crippen molar-refractivity contribution in [3.63, 3.8) is 0 Å². The summed E-state index contributed by atoms with van der Waals surface area (Å²) in [6.45, 7) is 8.35. The van der Waals surface area contributed by atoms with E-state index >= 15 is 0 Å². The number of fused-ring (bicyclic) bond motifs is 1. The van der Waals surface area contributed by atoms with Gasteiger partial charge in [0.25, 0.3) is 5.56 Å². The number of carbonyl (C=O) groups excluding carboxylic acids is 1. The van der Waals surface area contributed by atoms with Gasteiger partial charge in [0.2, 0.25) is 5.91 Å². The van der Waals surface area contributed by atoms with Crippen LogP contribution in [0.2, 0.25) is 0 Å². The van der Waals surface area contributed by atoms with E-state index in [9.17, 15) is 9.59 Å². The highest BCUT2D eigenvalue weighted by Crippen LogP contribution is 2.28. The van der Waals surface area contributed by atoms with E-state index in [4.69, 9.17) is 4.74 Å². The number of methoxy groups -OCH3 is 1. The first-order valence-corrected chi connectivity index (χ1v) is 10.8. The Labute approximate surface area is 180 Å². The summed E-state index contributed by atoms with van der Waals surface area (Å²) in [6.07, 6.45) is 0.240. The molecule has 0 unspecified atom stereocenters. The van der Waals surface area contributed by atoms with Crippen molar-refractivity contribution >= 4 is 38.1 Å². The van der Waals surface area contributed by atoms with Crippen LogP contribution in [0.25, 0.3) is 10.1 Å². The Kier molecular flexibility index (Phi) is 6.72. The Morgan fingerprint density at radius 1 is 1.10 bits per heavy atom. The van der Waals surface area contributed by atoms with E-state index in [0.29, 0.717) is 16.2 Å². The fourth-order valence-corrected chi connectivity index (χ4v) is 4.66. The Morgan fingerprint density at radius 2 is 1.77 bits per heavy atom. The predicted octanol–water partition coefficient (Wildman–Crippen LogP) is 4.47. The van der Waals surface area contributed by atoms with Crippen molar-refractivity contribution in [2.75, 3.05) is 17.3 Å². The average molecular weight is 426 g/mol. The summed E-state index contributed by atoms with van der Waals surface area (Å²) in [5, 5.41) is 4.10. The number of aromatic nitrogens is 1. The number of carbonyl (C=O) groups is 1. The molecular weight excluding hydrogens is 398 g/mol. The summed E-state index contributed by atoms with van der Waals surface area (Å²) in [5.41, 5.74) is 1.19. The number of anilines is 2. The number of ether oxygens (including phenoxy) is 1. The molecule has 6 nitrogen and oxygen atoms in total. The molecule has 1 amide bonds. The molecule has 0 spiro atoms. The molecule has 0 fully saturated rings. The minimum atomic E-state index is -0.281. The molecule has 30 heavy (non-hydrogen) atoms. The standard InChI is InChI=1S/C23H27N3O3S/c1-14(2)26(15(3)4)23-25-22(28)19-13-17(8-11-20(19)30-23)24-21(27)12-16-6-9-18(29-5)10-7-16/h6-11,13-15H,12H2,1-5H3,(H,24,27). The van der Waals surface area contributed by atoms with Crippen molar-refractivity contribution in [1.82, 2.24) is 4.98 Å². The van der Waals surface area contributed by atoms with Gasteiger partial charge >= 0.3 is 0 Å². The van der Waals surface area contributed by atoms with Crippen LogP contribution in [-0.2, 0) is 11.2 Å². The lowest BCUT2D eigenvalue weighted by molar-refractivity contribution is -0.115. The van der Waals surface area contributed by atoms with E-state index < -0.39 is 0 Å². The third-order valence-corrected chi connectivity index (χ3v) is 5.81. The van der Waals surface area contributed by atoms with Crippen LogP contribution in [0.4, 0.5) is 10.8 Å². The van der Waals surface area contributed by atoms with Gasteiger partial charge < -0.3 is 15.0 Å². The summed E-state index contributed by atoms with van der Waals surface area (Å²) in [4.78, 5) is 31.5. The highest BCUT2D eigenvalue weighted by atomic mass is 32.1. The second kappa shape index (κ2) is 9.26. The molecule has 0 aliphatic heterocycles. The van der Waals surface area contributed by atoms with Crippen molar-refractivity contribution in [2.24, 2.45) is 0 Å². The highest BCUT2D eigenvalue weighted by Gasteiger charge is 2.18. The fraction of sp³-hybridized carbons (Fsp3) is 0.348. The highest BCUT2D eigenvalue weighted by molar-refractivity contribution is 7.21. The number of benzene rings is 2. The third kappa shape index (κ3) is 4.97. The molecule has 0 bridgehead atoms. The first-order chi connectivity index (χ1) is 14.3. The Bertz CT molecular complexity index is 1080. The zero-order chi connectivity index (χ0) is 21.8. The molecule has 158 valence electrons. The molecule has 0 aliphatic rings. The summed E-state index contributed by atoms with van der Waals surface area (Å²) in [5.74, 6) is 0.601. The van der Waals surface area contributed by atoms with Crippen molar-refractivity contribution in [3.8, 4) is 5.75 Å². The summed E-state index contributed by atoms with van der Waals surface area (Å²) in [6, 6.07) is 13.2.